The van der Waals surface area contributed by atoms with Crippen LogP contribution in [0.3, 0.4) is 0 Å². The van der Waals surface area contributed by atoms with Gasteiger partial charge in [-0.25, -0.2) is 9.97 Å². The highest BCUT2D eigenvalue weighted by molar-refractivity contribution is 7.99. The van der Waals surface area contributed by atoms with Crippen molar-refractivity contribution in [2.24, 2.45) is 0 Å². The van der Waals surface area contributed by atoms with Gasteiger partial charge in [0.15, 0.2) is 0 Å². The Bertz CT molecular complexity index is 525. The van der Waals surface area contributed by atoms with Crippen LogP contribution in [0.4, 0.5) is 5.69 Å². The first-order valence-electron chi connectivity index (χ1n) is 4.86. The summed E-state index contributed by atoms with van der Waals surface area (Å²) >= 11 is 1.37. The minimum atomic E-state index is -0.467. The zero-order chi connectivity index (χ0) is 12.3. The molecular weight excluding hydrogens is 238 g/mol. The predicted molar refractivity (Wildman–Crippen MR) is 64.0 cm³/mol. The molecule has 0 N–H and O–H groups in total. The summed E-state index contributed by atoms with van der Waals surface area (Å²) in [6.45, 7) is 1.96. The Kier molecular flexibility index (Phi) is 3.34. The summed E-state index contributed by atoms with van der Waals surface area (Å²) in [6.07, 6.45) is 3.02. The van der Waals surface area contributed by atoms with Gasteiger partial charge in [-0.1, -0.05) is 17.8 Å². The average Bonchev–Trinajstić information content (AvgIpc) is 2.33. The molecule has 2 rings (SSSR count). The highest BCUT2D eigenvalue weighted by Crippen LogP contribution is 2.25. The van der Waals surface area contributed by atoms with Crippen LogP contribution in [-0.4, -0.2) is 14.9 Å². The van der Waals surface area contributed by atoms with Crippen LogP contribution in [0.25, 0.3) is 0 Å². The number of aryl methyl sites for hydroxylation is 1. The second kappa shape index (κ2) is 4.92. The van der Waals surface area contributed by atoms with E-state index in [0.717, 1.165) is 10.6 Å². The van der Waals surface area contributed by atoms with Crippen molar-refractivity contribution in [2.45, 2.75) is 17.0 Å². The molecule has 6 heteroatoms. The second-order valence-corrected chi connectivity index (χ2v) is 4.43. The summed E-state index contributed by atoms with van der Waals surface area (Å²) in [7, 11) is 0. The van der Waals surface area contributed by atoms with Crippen LogP contribution in [-0.2, 0) is 0 Å². The Morgan fingerprint density at radius 2 is 1.76 bits per heavy atom. The van der Waals surface area contributed by atoms with Crippen molar-refractivity contribution in [1.29, 1.82) is 0 Å². The van der Waals surface area contributed by atoms with Gasteiger partial charge in [0.25, 0.3) is 5.69 Å². The van der Waals surface area contributed by atoms with Gasteiger partial charge >= 0.3 is 0 Å². The lowest BCUT2D eigenvalue weighted by Crippen LogP contribution is -1.89. The van der Waals surface area contributed by atoms with E-state index in [2.05, 4.69) is 9.97 Å². The maximum absolute atomic E-state index is 10.5. The van der Waals surface area contributed by atoms with E-state index in [1.54, 1.807) is 12.3 Å². The van der Waals surface area contributed by atoms with Crippen LogP contribution >= 0.6 is 11.8 Å². The number of hydrogen-bond acceptors (Lipinski definition) is 5. The van der Waals surface area contributed by atoms with E-state index in [0.29, 0.717) is 5.03 Å². The lowest BCUT2D eigenvalue weighted by atomic mass is 10.3. The van der Waals surface area contributed by atoms with Gasteiger partial charge in [0, 0.05) is 12.3 Å². The predicted octanol–water partition coefficient (Wildman–Crippen LogP) is 2.84. The summed E-state index contributed by atoms with van der Waals surface area (Å²) in [4.78, 5) is 18.2. The number of pyridine rings is 2. The molecule has 0 spiro atoms. The quantitative estimate of drug-likeness (QED) is 0.616. The van der Waals surface area contributed by atoms with Crippen molar-refractivity contribution in [1.82, 2.24) is 9.97 Å². The Hall–Kier alpha value is -1.95. The normalized spacial score (nSPS) is 10.2. The molecule has 86 valence electrons. The van der Waals surface area contributed by atoms with E-state index < -0.39 is 4.92 Å². The van der Waals surface area contributed by atoms with Crippen molar-refractivity contribution in [2.75, 3.05) is 0 Å². The maximum atomic E-state index is 10.5. The molecular formula is C11H9N3O2S. The summed E-state index contributed by atoms with van der Waals surface area (Å²) in [5, 5.41) is 12.0. The summed E-state index contributed by atoms with van der Waals surface area (Å²) in [5.41, 5.74) is 1.08. The van der Waals surface area contributed by atoms with Crippen molar-refractivity contribution in [3.05, 3.63) is 52.3 Å². The lowest BCUT2D eigenvalue weighted by Gasteiger charge is -1.99. The van der Waals surface area contributed by atoms with Crippen LogP contribution < -0.4 is 0 Å². The fourth-order valence-corrected chi connectivity index (χ4v) is 1.86. The molecule has 2 heterocycles. The van der Waals surface area contributed by atoms with Crippen molar-refractivity contribution < 1.29 is 4.92 Å². The van der Waals surface area contributed by atoms with E-state index in [1.165, 1.54) is 24.0 Å². The van der Waals surface area contributed by atoms with Crippen LogP contribution in [0.5, 0.6) is 0 Å². The Morgan fingerprint density at radius 3 is 2.24 bits per heavy atom. The number of aromatic nitrogens is 2. The first-order chi connectivity index (χ1) is 8.15. The van der Waals surface area contributed by atoms with Crippen molar-refractivity contribution in [3.63, 3.8) is 0 Å². The number of nitro groups is 1. The molecule has 2 aromatic rings. The molecule has 17 heavy (non-hydrogen) atoms. The third-order valence-corrected chi connectivity index (χ3v) is 2.93. The van der Waals surface area contributed by atoms with E-state index in [1.807, 2.05) is 19.1 Å². The SMILES string of the molecule is Cc1ccc(Sc2ccc([N+](=O)[O-])cn2)nc1. The molecule has 0 aliphatic carbocycles. The highest BCUT2D eigenvalue weighted by atomic mass is 32.2. The Labute approximate surface area is 102 Å². The standard InChI is InChI=1S/C11H9N3O2S/c1-8-2-4-10(12-6-8)17-11-5-3-9(7-13-11)14(15)16/h2-7H,1H3. The Morgan fingerprint density at radius 1 is 1.12 bits per heavy atom. The summed E-state index contributed by atoms with van der Waals surface area (Å²) in [5.74, 6) is 0. The van der Waals surface area contributed by atoms with Gasteiger partial charge in [-0.3, -0.25) is 10.1 Å². The second-order valence-electron chi connectivity index (χ2n) is 3.39. The van der Waals surface area contributed by atoms with Crippen LogP contribution in [0, 0.1) is 17.0 Å². The number of nitrogens with zero attached hydrogens (tertiary/aromatic N) is 3. The van der Waals surface area contributed by atoms with Gasteiger partial charge in [0.1, 0.15) is 16.2 Å². The fourth-order valence-electron chi connectivity index (χ4n) is 1.16. The zero-order valence-electron chi connectivity index (χ0n) is 9.03. The third-order valence-electron chi connectivity index (χ3n) is 2.02. The summed E-state index contributed by atoms with van der Waals surface area (Å²) in [6, 6.07) is 6.90. The van der Waals surface area contributed by atoms with Gasteiger partial charge < -0.3 is 0 Å². The van der Waals surface area contributed by atoms with Crippen molar-refractivity contribution >= 4 is 17.4 Å². The molecule has 5 nitrogen and oxygen atoms in total. The smallest absolute Gasteiger partial charge is 0.258 e. The molecule has 0 unspecified atom stereocenters. The van der Waals surface area contributed by atoms with Crippen molar-refractivity contribution in [3.8, 4) is 0 Å². The van der Waals surface area contributed by atoms with E-state index in [-0.39, 0.29) is 5.69 Å². The number of rotatable bonds is 3. The molecule has 0 aromatic carbocycles. The van der Waals surface area contributed by atoms with Gasteiger partial charge in [0.05, 0.1) is 4.92 Å². The molecule has 0 bridgehead atoms. The molecule has 0 aliphatic heterocycles. The average molecular weight is 247 g/mol. The lowest BCUT2D eigenvalue weighted by molar-refractivity contribution is -0.385. The molecule has 0 radical (unpaired) electrons. The topological polar surface area (TPSA) is 68.9 Å². The third kappa shape index (κ3) is 3.01. The molecule has 0 aliphatic rings. The molecule has 0 atom stereocenters. The molecule has 0 saturated carbocycles. The van der Waals surface area contributed by atoms with Gasteiger partial charge in [-0.2, -0.15) is 0 Å². The minimum Gasteiger partial charge on any atom is -0.258 e. The molecule has 0 saturated heterocycles. The van der Waals surface area contributed by atoms with E-state index in [9.17, 15) is 10.1 Å². The van der Waals surface area contributed by atoms with Crippen LogP contribution in [0.1, 0.15) is 5.56 Å². The fraction of sp³-hybridized carbons (Fsp3) is 0.0909. The van der Waals surface area contributed by atoms with E-state index >= 15 is 0 Å². The largest absolute Gasteiger partial charge is 0.287 e. The summed E-state index contributed by atoms with van der Waals surface area (Å²) < 4.78 is 0. The monoisotopic (exact) mass is 247 g/mol. The maximum Gasteiger partial charge on any atom is 0.287 e. The first-order valence-corrected chi connectivity index (χ1v) is 5.68. The van der Waals surface area contributed by atoms with Gasteiger partial charge in [0.2, 0.25) is 0 Å². The first kappa shape index (κ1) is 11.5. The zero-order valence-corrected chi connectivity index (χ0v) is 9.85. The van der Waals surface area contributed by atoms with Gasteiger partial charge in [-0.05, 0) is 24.6 Å². The van der Waals surface area contributed by atoms with E-state index in [4.69, 9.17) is 0 Å². The molecule has 0 amide bonds. The van der Waals surface area contributed by atoms with Gasteiger partial charge in [-0.15, -0.1) is 0 Å². The van der Waals surface area contributed by atoms with Crippen LogP contribution in [0.15, 0.2) is 46.7 Å². The molecule has 2 aromatic heterocycles. The minimum absolute atomic E-state index is 0.00813. The number of hydrogen-bond donors (Lipinski definition) is 0. The molecule has 0 fully saturated rings. The van der Waals surface area contributed by atoms with Crippen LogP contribution in [0.2, 0.25) is 0 Å². The Balaban J connectivity index is 2.13. The highest BCUT2D eigenvalue weighted by Gasteiger charge is 2.06.